The second kappa shape index (κ2) is 7.45. The molecule has 0 aliphatic heterocycles. The lowest BCUT2D eigenvalue weighted by molar-refractivity contribution is 0.542. The Morgan fingerprint density at radius 2 is 1.15 bits per heavy atom. The van der Waals surface area contributed by atoms with E-state index in [0.717, 1.165) is 29.9 Å². The number of nitrogens with two attached hydrogens (primary N) is 1. The molecule has 26 heavy (non-hydrogen) atoms. The molecular formula is C24H29N2+. The molecule has 3 rings (SSSR count). The van der Waals surface area contributed by atoms with E-state index in [1.54, 1.807) is 0 Å². The van der Waals surface area contributed by atoms with Crippen molar-refractivity contribution in [2.75, 3.05) is 0 Å². The Kier molecular flexibility index (Phi) is 5.26. The van der Waals surface area contributed by atoms with E-state index in [2.05, 4.69) is 88.4 Å². The van der Waals surface area contributed by atoms with Crippen LogP contribution in [0.5, 0.6) is 0 Å². The second-order valence-corrected chi connectivity index (χ2v) is 7.01. The van der Waals surface area contributed by atoms with Crippen molar-refractivity contribution in [3.05, 3.63) is 89.0 Å². The van der Waals surface area contributed by atoms with Crippen molar-refractivity contribution >= 4 is 17.1 Å². The summed E-state index contributed by atoms with van der Waals surface area (Å²) in [6.07, 6.45) is 2.06. The normalized spacial score (nSPS) is 11.6. The molecular weight excluding hydrogens is 316 g/mol. The van der Waals surface area contributed by atoms with Gasteiger partial charge in [0.15, 0.2) is 17.1 Å². The minimum Gasteiger partial charge on any atom is -0.165 e. The number of aryl methyl sites for hydroxylation is 4. The molecule has 134 valence electrons. The van der Waals surface area contributed by atoms with Crippen LogP contribution in [-0.2, 0) is 12.8 Å². The predicted octanol–water partition coefficient (Wildman–Crippen LogP) is 6.27. The standard InChI is InChI=1S/C24H29N2/c1-5-20-12-14-23(18(3)16-20)26(25,22-10-8-7-9-11-22)24-15-13-21(6-2)17-19(24)4/h7-17H,5-6,25H2,1-4H3/q+1. The molecule has 3 aromatic carbocycles. The molecule has 0 atom stereocenters. The molecule has 0 unspecified atom stereocenters. The first-order chi connectivity index (χ1) is 12.5. The van der Waals surface area contributed by atoms with Gasteiger partial charge in [-0.15, -0.1) is 0 Å². The third kappa shape index (κ3) is 3.18. The van der Waals surface area contributed by atoms with Crippen molar-refractivity contribution in [1.29, 1.82) is 0 Å². The Morgan fingerprint density at radius 1 is 0.692 bits per heavy atom. The summed E-state index contributed by atoms with van der Waals surface area (Å²) < 4.78 is 0.187. The molecule has 2 N–H and O–H groups in total. The summed E-state index contributed by atoms with van der Waals surface area (Å²) in [5.41, 5.74) is 8.39. The van der Waals surface area contributed by atoms with Crippen LogP contribution in [0.15, 0.2) is 66.7 Å². The van der Waals surface area contributed by atoms with Crippen LogP contribution in [0.4, 0.5) is 17.1 Å². The van der Waals surface area contributed by atoms with Gasteiger partial charge in [-0.1, -0.05) is 56.3 Å². The van der Waals surface area contributed by atoms with Gasteiger partial charge in [-0.3, -0.25) is 0 Å². The minimum atomic E-state index is 0.187. The third-order valence-electron chi connectivity index (χ3n) is 5.26. The summed E-state index contributed by atoms with van der Waals surface area (Å²) in [5.74, 6) is 7.18. The number of hydrogen-bond donors (Lipinski definition) is 1. The molecule has 0 radical (unpaired) electrons. The largest absolute Gasteiger partial charge is 0.165 e. The van der Waals surface area contributed by atoms with Gasteiger partial charge in [0.2, 0.25) is 0 Å². The fraction of sp³-hybridized carbons (Fsp3) is 0.250. The molecule has 2 heteroatoms. The molecule has 0 bridgehead atoms. The van der Waals surface area contributed by atoms with Crippen LogP contribution in [-0.4, -0.2) is 0 Å². The SMILES string of the molecule is CCc1ccc([N+](N)(c2ccccc2)c2ccc(CC)cc2C)c(C)c1. The average Bonchev–Trinajstić information content (AvgIpc) is 2.67. The zero-order chi connectivity index (χ0) is 18.7. The van der Waals surface area contributed by atoms with Crippen molar-refractivity contribution in [3.63, 3.8) is 0 Å². The van der Waals surface area contributed by atoms with Gasteiger partial charge < -0.3 is 0 Å². The second-order valence-electron chi connectivity index (χ2n) is 7.01. The van der Waals surface area contributed by atoms with Crippen LogP contribution >= 0.6 is 0 Å². The molecule has 0 aromatic heterocycles. The summed E-state index contributed by atoms with van der Waals surface area (Å²) in [6.45, 7) is 8.69. The summed E-state index contributed by atoms with van der Waals surface area (Å²) >= 11 is 0. The van der Waals surface area contributed by atoms with E-state index in [9.17, 15) is 0 Å². The van der Waals surface area contributed by atoms with E-state index in [1.807, 2.05) is 6.07 Å². The molecule has 0 saturated carbocycles. The Morgan fingerprint density at radius 3 is 1.54 bits per heavy atom. The third-order valence-corrected chi connectivity index (χ3v) is 5.26. The van der Waals surface area contributed by atoms with Crippen molar-refractivity contribution in [2.45, 2.75) is 40.5 Å². The topological polar surface area (TPSA) is 26.0 Å². The van der Waals surface area contributed by atoms with Crippen molar-refractivity contribution in [3.8, 4) is 0 Å². The van der Waals surface area contributed by atoms with Gasteiger partial charge in [0.1, 0.15) is 0 Å². The van der Waals surface area contributed by atoms with Crippen LogP contribution in [0.2, 0.25) is 0 Å². The van der Waals surface area contributed by atoms with Gasteiger partial charge in [0, 0.05) is 35.4 Å². The van der Waals surface area contributed by atoms with E-state index in [-0.39, 0.29) is 4.59 Å². The summed E-state index contributed by atoms with van der Waals surface area (Å²) in [6, 6.07) is 23.7. The molecule has 0 saturated heterocycles. The first-order valence-corrected chi connectivity index (χ1v) is 9.44. The molecule has 2 nitrogen and oxygen atoms in total. The lowest BCUT2D eigenvalue weighted by atomic mass is 10.0. The highest BCUT2D eigenvalue weighted by atomic mass is 15.6. The first-order valence-electron chi connectivity index (χ1n) is 9.44. The maximum absolute atomic E-state index is 7.18. The number of hydrogen-bond acceptors (Lipinski definition) is 1. The van der Waals surface area contributed by atoms with Gasteiger partial charge in [-0.2, -0.15) is 10.4 Å². The van der Waals surface area contributed by atoms with Gasteiger partial charge in [0.05, 0.1) is 0 Å². The maximum Gasteiger partial charge on any atom is 0.165 e. The van der Waals surface area contributed by atoms with E-state index in [4.69, 9.17) is 5.84 Å². The van der Waals surface area contributed by atoms with E-state index in [1.165, 1.54) is 22.3 Å². The molecule has 0 fully saturated rings. The quantitative estimate of drug-likeness (QED) is 0.329. The van der Waals surface area contributed by atoms with Crippen LogP contribution in [0, 0.1) is 13.8 Å². The first kappa shape index (κ1) is 18.4. The highest BCUT2D eigenvalue weighted by Crippen LogP contribution is 2.43. The lowest BCUT2D eigenvalue weighted by Gasteiger charge is -2.34. The number of para-hydroxylation sites is 1. The predicted molar refractivity (Wildman–Crippen MR) is 113 cm³/mol. The molecule has 3 aromatic rings. The Bertz CT molecular complexity index is 844. The summed E-state index contributed by atoms with van der Waals surface area (Å²) in [4.78, 5) is 0. The Labute approximate surface area is 157 Å². The fourth-order valence-corrected chi connectivity index (χ4v) is 3.74. The van der Waals surface area contributed by atoms with Crippen molar-refractivity contribution in [2.24, 2.45) is 5.84 Å². The van der Waals surface area contributed by atoms with Gasteiger partial charge in [-0.05, 0) is 37.8 Å². The summed E-state index contributed by atoms with van der Waals surface area (Å²) in [7, 11) is 0. The van der Waals surface area contributed by atoms with E-state index >= 15 is 0 Å². The number of benzene rings is 3. The molecule has 0 amide bonds. The van der Waals surface area contributed by atoms with Gasteiger partial charge in [0.25, 0.3) is 0 Å². The Balaban J connectivity index is 2.28. The molecule has 0 heterocycles. The number of nitrogens with zero attached hydrogens (tertiary/aromatic N) is 1. The minimum absolute atomic E-state index is 0.187. The van der Waals surface area contributed by atoms with Crippen LogP contribution in [0.3, 0.4) is 0 Å². The fourth-order valence-electron chi connectivity index (χ4n) is 3.74. The molecule has 0 spiro atoms. The lowest BCUT2D eigenvalue weighted by Crippen LogP contribution is -2.47. The van der Waals surface area contributed by atoms with E-state index < -0.39 is 0 Å². The molecule has 0 aliphatic carbocycles. The number of quaternary nitrogens is 1. The van der Waals surface area contributed by atoms with Crippen molar-refractivity contribution in [1.82, 2.24) is 4.59 Å². The Hall–Kier alpha value is -2.42. The maximum atomic E-state index is 7.18. The van der Waals surface area contributed by atoms with Gasteiger partial charge >= 0.3 is 0 Å². The molecule has 0 aliphatic rings. The monoisotopic (exact) mass is 345 g/mol. The zero-order valence-electron chi connectivity index (χ0n) is 16.3. The van der Waals surface area contributed by atoms with Crippen LogP contribution < -0.4 is 10.4 Å². The van der Waals surface area contributed by atoms with Gasteiger partial charge in [-0.25, -0.2) is 0 Å². The highest BCUT2D eigenvalue weighted by molar-refractivity contribution is 5.73. The smallest absolute Gasteiger partial charge is 0.165 e. The zero-order valence-corrected chi connectivity index (χ0v) is 16.3. The number of rotatable bonds is 5. The summed E-state index contributed by atoms with van der Waals surface area (Å²) in [5, 5.41) is 0. The highest BCUT2D eigenvalue weighted by Gasteiger charge is 2.35. The average molecular weight is 346 g/mol. The van der Waals surface area contributed by atoms with Crippen molar-refractivity contribution < 1.29 is 0 Å². The van der Waals surface area contributed by atoms with E-state index in [0.29, 0.717) is 0 Å². The van der Waals surface area contributed by atoms with Crippen LogP contribution in [0.25, 0.3) is 0 Å². The van der Waals surface area contributed by atoms with Crippen LogP contribution in [0.1, 0.15) is 36.1 Å².